The van der Waals surface area contributed by atoms with Gasteiger partial charge < -0.3 is 10.6 Å². The molecule has 4 unspecified atom stereocenters. The highest BCUT2D eigenvalue weighted by Gasteiger charge is 2.58. The Morgan fingerprint density at radius 2 is 1.81 bits per heavy atom. The standard InChI is InChI=1S/C20H31N5O4S.HI/c1-3-21-20(23-12-15-5-4-9-25(15)30(2,28)29)22-8-10-24-18(26)16-13-6-7-14(11-13)17(16)19(24)27;/h6-7,13-17H,3-5,8-12H2,1-2H3,(H2,21,22,23);1H/t13?,14?,15-,16?,17?;/m1./s1. The molecule has 0 aromatic rings. The first-order valence-electron chi connectivity index (χ1n) is 10.8. The Hall–Kier alpha value is -1.21. The van der Waals surface area contributed by atoms with Crippen molar-refractivity contribution in [2.45, 2.75) is 32.2 Å². The highest BCUT2D eigenvalue weighted by atomic mass is 127. The molecule has 0 radical (unpaired) electrons. The second kappa shape index (κ2) is 9.74. The van der Waals surface area contributed by atoms with E-state index in [1.165, 1.54) is 15.5 Å². The second-order valence-corrected chi connectivity index (χ2v) is 10.6. The number of halogens is 1. The lowest BCUT2D eigenvalue weighted by Gasteiger charge is -2.21. The molecule has 2 N–H and O–H groups in total. The number of fused-ring (bicyclic) bond motifs is 5. The van der Waals surface area contributed by atoms with Crippen LogP contribution in [0.3, 0.4) is 0 Å². The molecule has 0 spiro atoms. The summed E-state index contributed by atoms with van der Waals surface area (Å²) in [5.41, 5.74) is 0. The van der Waals surface area contributed by atoms with Gasteiger partial charge in [0.05, 0.1) is 24.6 Å². The molecule has 11 heteroatoms. The Kier molecular flexibility index (Phi) is 7.67. The Bertz CT molecular complexity index is 847. The van der Waals surface area contributed by atoms with Crippen LogP contribution in [0.25, 0.3) is 0 Å². The first-order valence-corrected chi connectivity index (χ1v) is 12.7. The number of nitrogens with zero attached hydrogens (tertiary/aromatic N) is 3. The Balaban J connectivity index is 0.00000272. The molecule has 1 saturated carbocycles. The van der Waals surface area contributed by atoms with Crippen LogP contribution in [0.2, 0.25) is 0 Å². The Labute approximate surface area is 201 Å². The molecule has 0 aromatic carbocycles. The van der Waals surface area contributed by atoms with Gasteiger partial charge in [-0.05, 0) is 38.0 Å². The number of imide groups is 1. The summed E-state index contributed by atoms with van der Waals surface area (Å²) >= 11 is 0. The fraction of sp³-hybridized carbons (Fsp3) is 0.750. The summed E-state index contributed by atoms with van der Waals surface area (Å²) in [6, 6.07) is -0.125. The maximum atomic E-state index is 12.8. The van der Waals surface area contributed by atoms with Crippen LogP contribution in [0.4, 0.5) is 0 Å². The van der Waals surface area contributed by atoms with Crippen LogP contribution >= 0.6 is 24.0 Å². The van der Waals surface area contributed by atoms with Crippen molar-refractivity contribution in [3.8, 4) is 0 Å². The molecule has 9 nitrogen and oxygen atoms in total. The van der Waals surface area contributed by atoms with Crippen LogP contribution in [0.1, 0.15) is 26.2 Å². The van der Waals surface area contributed by atoms with Gasteiger partial charge in [0.25, 0.3) is 0 Å². The second-order valence-electron chi connectivity index (χ2n) is 8.64. The highest BCUT2D eigenvalue weighted by molar-refractivity contribution is 14.0. The lowest BCUT2D eigenvalue weighted by Crippen LogP contribution is -2.44. The lowest BCUT2D eigenvalue weighted by atomic mass is 9.85. The van der Waals surface area contributed by atoms with E-state index < -0.39 is 10.0 Å². The maximum absolute atomic E-state index is 12.8. The van der Waals surface area contributed by atoms with Gasteiger partial charge in [-0.25, -0.2) is 8.42 Å². The van der Waals surface area contributed by atoms with E-state index >= 15 is 0 Å². The highest BCUT2D eigenvalue weighted by Crippen LogP contribution is 2.52. The van der Waals surface area contributed by atoms with Gasteiger partial charge in [0.2, 0.25) is 21.8 Å². The number of amides is 2. The molecule has 174 valence electrons. The molecule has 0 aromatic heterocycles. The van der Waals surface area contributed by atoms with E-state index in [9.17, 15) is 18.0 Å². The van der Waals surface area contributed by atoms with E-state index in [0.717, 1.165) is 19.3 Å². The smallest absolute Gasteiger partial charge is 0.233 e. The fourth-order valence-electron chi connectivity index (χ4n) is 5.44. The van der Waals surface area contributed by atoms with Crippen molar-refractivity contribution in [1.29, 1.82) is 0 Å². The van der Waals surface area contributed by atoms with Crippen LogP contribution < -0.4 is 10.6 Å². The summed E-state index contributed by atoms with van der Waals surface area (Å²) in [5, 5.41) is 6.32. The van der Waals surface area contributed by atoms with Crippen LogP contribution in [0.15, 0.2) is 17.1 Å². The predicted molar refractivity (Wildman–Crippen MR) is 128 cm³/mol. The van der Waals surface area contributed by atoms with E-state index in [0.29, 0.717) is 38.7 Å². The molecule has 2 saturated heterocycles. The molecule has 4 rings (SSSR count). The van der Waals surface area contributed by atoms with Crippen LogP contribution in [-0.2, 0) is 19.6 Å². The van der Waals surface area contributed by atoms with E-state index in [2.05, 4.69) is 27.8 Å². The minimum absolute atomic E-state index is 0. The van der Waals surface area contributed by atoms with Crippen molar-refractivity contribution in [2.75, 3.05) is 39.0 Å². The van der Waals surface area contributed by atoms with Gasteiger partial charge in [-0.2, -0.15) is 4.31 Å². The Morgan fingerprint density at radius 1 is 1.16 bits per heavy atom. The third-order valence-corrected chi connectivity index (χ3v) is 8.08. The largest absolute Gasteiger partial charge is 0.357 e. The zero-order valence-corrected chi connectivity index (χ0v) is 21.1. The first kappa shape index (κ1) is 24.4. The normalized spacial score (nSPS) is 32.5. The third kappa shape index (κ3) is 4.77. The Morgan fingerprint density at radius 3 is 2.39 bits per heavy atom. The first-order chi connectivity index (χ1) is 14.3. The van der Waals surface area contributed by atoms with Crippen LogP contribution in [0, 0.1) is 23.7 Å². The zero-order chi connectivity index (χ0) is 21.5. The van der Waals surface area contributed by atoms with Crippen molar-refractivity contribution in [1.82, 2.24) is 19.8 Å². The number of nitrogens with one attached hydrogen (secondary N) is 2. The van der Waals surface area contributed by atoms with E-state index in [-0.39, 0.29) is 65.5 Å². The van der Waals surface area contributed by atoms with Crippen molar-refractivity contribution >= 4 is 51.8 Å². The molecule has 31 heavy (non-hydrogen) atoms. The molecule has 2 bridgehead atoms. The number of guanidine groups is 1. The number of hydrogen-bond acceptors (Lipinski definition) is 5. The average Bonchev–Trinajstić information content (AvgIpc) is 3.45. The van der Waals surface area contributed by atoms with Crippen molar-refractivity contribution in [3.63, 3.8) is 0 Å². The molecule has 2 aliphatic heterocycles. The topological polar surface area (TPSA) is 111 Å². The molecule has 2 amide bonds. The fourth-order valence-corrected chi connectivity index (χ4v) is 6.61. The molecule has 2 heterocycles. The van der Waals surface area contributed by atoms with Gasteiger partial charge in [-0.3, -0.25) is 19.5 Å². The van der Waals surface area contributed by atoms with E-state index in [1.54, 1.807) is 0 Å². The number of aliphatic imine (C=N–C) groups is 1. The quantitative estimate of drug-likeness (QED) is 0.152. The summed E-state index contributed by atoms with van der Waals surface area (Å²) in [4.78, 5) is 31.5. The van der Waals surface area contributed by atoms with Gasteiger partial charge in [0, 0.05) is 32.2 Å². The molecule has 4 aliphatic rings. The maximum Gasteiger partial charge on any atom is 0.233 e. The van der Waals surface area contributed by atoms with Gasteiger partial charge in [0.15, 0.2) is 5.96 Å². The summed E-state index contributed by atoms with van der Waals surface area (Å²) < 4.78 is 25.3. The number of allylic oxidation sites excluding steroid dienone is 2. The van der Waals surface area contributed by atoms with Gasteiger partial charge in [-0.15, -0.1) is 24.0 Å². The number of likely N-dealkylation sites (tertiary alicyclic amines) is 1. The molecule has 3 fully saturated rings. The number of hydrogen-bond donors (Lipinski definition) is 2. The number of carbonyl (C=O) groups excluding carboxylic acids is 2. The zero-order valence-electron chi connectivity index (χ0n) is 18.0. The molecule has 2 aliphatic carbocycles. The summed E-state index contributed by atoms with van der Waals surface area (Å²) in [6.07, 6.45) is 8.00. The lowest BCUT2D eigenvalue weighted by molar-refractivity contribution is -0.140. The van der Waals surface area contributed by atoms with Crippen molar-refractivity contribution < 1.29 is 18.0 Å². The van der Waals surface area contributed by atoms with Gasteiger partial charge in [0.1, 0.15) is 0 Å². The molecule has 5 atom stereocenters. The van der Waals surface area contributed by atoms with Crippen molar-refractivity contribution in [3.05, 3.63) is 12.2 Å². The number of rotatable bonds is 7. The minimum atomic E-state index is -3.23. The van der Waals surface area contributed by atoms with E-state index in [4.69, 9.17) is 0 Å². The number of sulfonamides is 1. The molecular formula is C20H32IN5O4S. The van der Waals surface area contributed by atoms with Crippen LogP contribution in [0.5, 0.6) is 0 Å². The van der Waals surface area contributed by atoms with Crippen molar-refractivity contribution in [2.24, 2.45) is 28.7 Å². The van der Waals surface area contributed by atoms with Crippen LogP contribution in [-0.4, -0.2) is 80.4 Å². The molecular weight excluding hydrogens is 533 g/mol. The van der Waals surface area contributed by atoms with Gasteiger partial charge in [-0.1, -0.05) is 12.2 Å². The third-order valence-electron chi connectivity index (χ3n) is 6.74. The summed E-state index contributed by atoms with van der Waals surface area (Å²) in [6.45, 7) is 4.25. The number of carbonyl (C=O) groups is 2. The van der Waals surface area contributed by atoms with E-state index in [1.807, 2.05) is 6.92 Å². The summed E-state index contributed by atoms with van der Waals surface area (Å²) in [5.74, 6) is 0.590. The average molecular weight is 565 g/mol. The monoisotopic (exact) mass is 565 g/mol. The summed E-state index contributed by atoms with van der Waals surface area (Å²) in [7, 11) is -3.23. The minimum Gasteiger partial charge on any atom is -0.357 e. The predicted octanol–water partition coefficient (Wildman–Crippen LogP) is 0.391. The SMILES string of the molecule is CCNC(=NC[C@H]1CCCN1S(C)(=O)=O)NCCN1C(=O)C2C3C=CC(C3)C2C1=O.I. The van der Waals surface area contributed by atoms with Gasteiger partial charge >= 0.3 is 0 Å².